The van der Waals surface area contributed by atoms with Crippen LogP contribution in [0.25, 0.3) is 0 Å². The molecule has 1 saturated heterocycles. The van der Waals surface area contributed by atoms with E-state index in [1.165, 1.54) is 6.33 Å². The van der Waals surface area contributed by atoms with Crippen LogP contribution in [-0.2, 0) is 4.74 Å². The first kappa shape index (κ1) is 11.8. The van der Waals surface area contributed by atoms with Gasteiger partial charge in [0, 0.05) is 17.7 Å². The van der Waals surface area contributed by atoms with Crippen LogP contribution < -0.4 is 11.1 Å². The van der Waals surface area contributed by atoms with Gasteiger partial charge in [0.2, 0.25) is 0 Å². The molecule has 2 heterocycles. The van der Waals surface area contributed by atoms with E-state index in [9.17, 15) is 0 Å². The fourth-order valence-electron chi connectivity index (χ4n) is 1.75. The summed E-state index contributed by atoms with van der Waals surface area (Å²) < 4.78 is 5.19. The molecule has 2 rings (SSSR count). The Kier molecular flexibility index (Phi) is 2.97. The average molecular weight is 235 g/mol. The summed E-state index contributed by atoms with van der Waals surface area (Å²) in [6.07, 6.45) is 1.41. The van der Waals surface area contributed by atoms with E-state index in [0.717, 1.165) is 19.8 Å². The summed E-state index contributed by atoms with van der Waals surface area (Å²) in [5.41, 5.74) is 6.84. The lowest BCUT2D eigenvalue weighted by Gasteiger charge is -2.38. The van der Waals surface area contributed by atoms with Gasteiger partial charge < -0.3 is 21.2 Å². The Balaban J connectivity index is 2.15. The van der Waals surface area contributed by atoms with Crippen molar-refractivity contribution >= 4 is 17.3 Å². The molecule has 6 nitrogen and oxygen atoms in total. The molecule has 0 unspecified atom stereocenters. The number of hydrogen-bond acceptors (Lipinski definition) is 6. The highest BCUT2D eigenvalue weighted by molar-refractivity contribution is 6.04. The summed E-state index contributed by atoms with van der Waals surface area (Å²) in [4.78, 5) is 8.04. The Labute approximate surface area is 100 Å². The minimum atomic E-state index is 0.146. The quantitative estimate of drug-likeness (QED) is 0.673. The number of nitrogen functional groups attached to an aromatic ring is 1. The van der Waals surface area contributed by atoms with E-state index in [1.54, 1.807) is 6.92 Å². The van der Waals surface area contributed by atoms with Crippen molar-refractivity contribution < 1.29 is 4.74 Å². The second-order valence-electron chi connectivity index (χ2n) is 4.76. The van der Waals surface area contributed by atoms with E-state index in [1.807, 2.05) is 0 Å². The summed E-state index contributed by atoms with van der Waals surface area (Å²) in [5.74, 6) is 0.961. The summed E-state index contributed by atoms with van der Waals surface area (Å²) in [6, 6.07) is 0. The van der Waals surface area contributed by atoms with Crippen LogP contribution in [0.2, 0.25) is 0 Å². The van der Waals surface area contributed by atoms with Crippen LogP contribution in [0, 0.1) is 10.8 Å². The zero-order valence-electron chi connectivity index (χ0n) is 10.1. The normalized spacial score (nSPS) is 17.3. The van der Waals surface area contributed by atoms with Gasteiger partial charge in [-0.3, -0.25) is 0 Å². The summed E-state index contributed by atoms with van der Waals surface area (Å²) in [5, 5.41) is 10.9. The maximum Gasteiger partial charge on any atom is 0.140 e. The molecule has 0 radical (unpaired) electrons. The molecule has 17 heavy (non-hydrogen) atoms. The molecule has 0 bridgehead atoms. The number of nitrogens with two attached hydrogens (primary N) is 1. The first-order valence-electron chi connectivity index (χ1n) is 5.49. The van der Waals surface area contributed by atoms with E-state index in [2.05, 4.69) is 22.2 Å². The van der Waals surface area contributed by atoms with Crippen molar-refractivity contribution in [2.24, 2.45) is 5.41 Å². The van der Waals surface area contributed by atoms with Gasteiger partial charge in [-0.2, -0.15) is 0 Å². The Morgan fingerprint density at radius 2 is 2.29 bits per heavy atom. The average Bonchev–Trinajstić information content (AvgIpc) is 2.23. The molecule has 1 fully saturated rings. The van der Waals surface area contributed by atoms with E-state index in [0.29, 0.717) is 22.9 Å². The van der Waals surface area contributed by atoms with Gasteiger partial charge in [-0.1, -0.05) is 6.92 Å². The van der Waals surface area contributed by atoms with Gasteiger partial charge in [0.15, 0.2) is 0 Å². The maximum absolute atomic E-state index is 7.69. The van der Waals surface area contributed by atoms with Crippen LogP contribution >= 0.6 is 0 Å². The molecular weight excluding hydrogens is 218 g/mol. The van der Waals surface area contributed by atoms with Crippen LogP contribution in [0.15, 0.2) is 6.33 Å². The standard InChI is InChI=1S/C11H17N5O/c1-7(12)8-9(13)15-6-16-10(8)14-3-11(2)4-17-5-11/h6,12H,3-5H2,1-2H3,(H3,13,14,15,16). The first-order valence-corrected chi connectivity index (χ1v) is 5.49. The molecule has 1 aliphatic heterocycles. The van der Waals surface area contributed by atoms with Crippen LogP contribution in [-0.4, -0.2) is 35.4 Å². The molecular formula is C11H17N5O. The Morgan fingerprint density at radius 1 is 1.59 bits per heavy atom. The molecule has 4 N–H and O–H groups in total. The minimum absolute atomic E-state index is 0.146. The van der Waals surface area contributed by atoms with Gasteiger partial charge in [0.25, 0.3) is 0 Å². The molecule has 0 aliphatic carbocycles. The lowest BCUT2D eigenvalue weighted by atomic mass is 9.89. The zero-order chi connectivity index (χ0) is 12.5. The summed E-state index contributed by atoms with van der Waals surface area (Å²) in [7, 11) is 0. The zero-order valence-corrected chi connectivity index (χ0v) is 10.1. The van der Waals surface area contributed by atoms with Gasteiger partial charge in [-0.15, -0.1) is 0 Å². The highest BCUT2D eigenvalue weighted by Crippen LogP contribution is 2.27. The number of ether oxygens (including phenoxy) is 1. The molecule has 1 aliphatic rings. The molecule has 1 aromatic heterocycles. The van der Waals surface area contributed by atoms with Crippen LogP contribution in [0.1, 0.15) is 19.4 Å². The monoisotopic (exact) mass is 235 g/mol. The molecule has 6 heteroatoms. The van der Waals surface area contributed by atoms with E-state index >= 15 is 0 Å². The third kappa shape index (κ3) is 2.36. The number of aromatic nitrogens is 2. The highest BCUT2D eigenvalue weighted by atomic mass is 16.5. The minimum Gasteiger partial charge on any atom is -0.383 e. The van der Waals surface area contributed by atoms with Crippen molar-refractivity contribution in [2.75, 3.05) is 30.8 Å². The lowest BCUT2D eigenvalue weighted by molar-refractivity contribution is -0.0924. The fraction of sp³-hybridized carbons (Fsp3) is 0.545. The van der Waals surface area contributed by atoms with Crippen LogP contribution in [0.4, 0.5) is 11.6 Å². The van der Waals surface area contributed by atoms with Crippen molar-refractivity contribution in [2.45, 2.75) is 13.8 Å². The molecule has 0 saturated carbocycles. The molecule has 1 aromatic rings. The van der Waals surface area contributed by atoms with E-state index in [-0.39, 0.29) is 5.41 Å². The van der Waals surface area contributed by atoms with Crippen molar-refractivity contribution in [3.63, 3.8) is 0 Å². The van der Waals surface area contributed by atoms with Crippen molar-refractivity contribution in [3.05, 3.63) is 11.9 Å². The molecule has 0 amide bonds. The third-order valence-corrected chi connectivity index (χ3v) is 2.84. The van der Waals surface area contributed by atoms with Gasteiger partial charge in [0.1, 0.15) is 18.0 Å². The smallest absolute Gasteiger partial charge is 0.140 e. The molecule has 0 atom stereocenters. The van der Waals surface area contributed by atoms with Crippen molar-refractivity contribution in [3.8, 4) is 0 Å². The SMILES string of the molecule is CC(=N)c1c(N)ncnc1NCC1(C)COC1. The maximum atomic E-state index is 7.69. The predicted molar refractivity (Wildman–Crippen MR) is 66.4 cm³/mol. The second-order valence-corrected chi connectivity index (χ2v) is 4.76. The number of nitrogens with zero attached hydrogens (tertiary/aromatic N) is 2. The summed E-state index contributed by atoms with van der Waals surface area (Å²) in [6.45, 7) is 6.07. The predicted octanol–water partition coefficient (Wildman–Crippen LogP) is 0.895. The lowest BCUT2D eigenvalue weighted by Crippen LogP contribution is -2.45. The van der Waals surface area contributed by atoms with Crippen molar-refractivity contribution in [1.29, 1.82) is 5.41 Å². The van der Waals surface area contributed by atoms with Gasteiger partial charge in [-0.25, -0.2) is 9.97 Å². The Morgan fingerprint density at radius 3 is 2.82 bits per heavy atom. The third-order valence-electron chi connectivity index (χ3n) is 2.84. The summed E-state index contributed by atoms with van der Waals surface area (Å²) >= 11 is 0. The van der Waals surface area contributed by atoms with E-state index in [4.69, 9.17) is 15.9 Å². The van der Waals surface area contributed by atoms with E-state index < -0.39 is 0 Å². The number of nitrogens with one attached hydrogen (secondary N) is 2. The van der Waals surface area contributed by atoms with Crippen LogP contribution in [0.5, 0.6) is 0 Å². The highest BCUT2D eigenvalue weighted by Gasteiger charge is 2.33. The number of rotatable bonds is 4. The van der Waals surface area contributed by atoms with Gasteiger partial charge in [-0.05, 0) is 6.92 Å². The Bertz CT molecular complexity index is 441. The van der Waals surface area contributed by atoms with Crippen molar-refractivity contribution in [1.82, 2.24) is 9.97 Å². The first-order chi connectivity index (χ1) is 8.02. The molecule has 0 aromatic carbocycles. The number of anilines is 2. The fourth-order valence-corrected chi connectivity index (χ4v) is 1.75. The molecule has 92 valence electrons. The topological polar surface area (TPSA) is 96.9 Å². The molecule has 0 spiro atoms. The second kappa shape index (κ2) is 4.29. The van der Waals surface area contributed by atoms with Crippen LogP contribution in [0.3, 0.4) is 0 Å². The number of hydrogen-bond donors (Lipinski definition) is 3. The Hall–Kier alpha value is -1.69. The van der Waals surface area contributed by atoms with Gasteiger partial charge >= 0.3 is 0 Å². The van der Waals surface area contributed by atoms with Gasteiger partial charge in [0.05, 0.1) is 18.8 Å². The largest absolute Gasteiger partial charge is 0.383 e.